The minimum Gasteiger partial charge on any atom is -0.484 e. The van der Waals surface area contributed by atoms with E-state index in [0.717, 1.165) is 35.6 Å². The first-order chi connectivity index (χ1) is 20.3. The van der Waals surface area contributed by atoms with Gasteiger partial charge >= 0.3 is 0 Å². The van der Waals surface area contributed by atoms with Crippen LogP contribution in [-0.4, -0.2) is 56.5 Å². The van der Waals surface area contributed by atoms with E-state index in [9.17, 15) is 18.0 Å². The minimum atomic E-state index is -3.97. The van der Waals surface area contributed by atoms with Crippen LogP contribution < -0.4 is 15.5 Å². The van der Waals surface area contributed by atoms with Crippen molar-refractivity contribution < 1.29 is 22.7 Å². The van der Waals surface area contributed by atoms with Gasteiger partial charge in [0.1, 0.15) is 5.75 Å². The highest BCUT2D eigenvalue weighted by Gasteiger charge is 2.26. The van der Waals surface area contributed by atoms with E-state index in [-0.39, 0.29) is 30.0 Å². The van der Waals surface area contributed by atoms with Gasteiger partial charge in [0.15, 0.2) is 6.61 Å². The molecule has 9 nitrogen and oxygen atoms in total. The first kappa shape index (κ1) is 31.2. The molecule has 42 heavy (non-hydrogen) atoms. The fourth-order valence-electron chi connectivity index (χ4n) is 4.63. The maximum Gasteiger partial charge on any atom is 0.258 e. The van der Waals surface area contributed by atoms with Crippen LogP contribution in [0.15, 0.2) is 88.9 Å². The molecular weight excluding hydrogens is 576 g/mol. The molecule has 0 aromatic heterocycles. The van der Waals surface area contributed by atoms with Crippen molar-refractivity contribution in [3.63, 3.8) is 0 Å². The summed E-state index contributed by atoms with van der Waals surface area (Å²) in [5, 5.41) is 7.41. The quantitative estimate of drug-likeness (QED) is 0.217. The van der Waals surface area contributed by atoms with Crippen molar-refractivity contribution in [1.29, 1.82) is 0 Å². The summed E-state index contributed by atoms with van der Waals surface area (Å²) in [4.78, 5) is 24.9. The Hall–Kier alpha value is -3.73. The van der Waals surface area contributed by atoms with Crippen LogP contribution in [0.1, 0.15) is 43.2 Å². The van der Waals surface area contributed by atoms with E-state index in [4.69, 9.17) is 16.3 Å². The number of nitrogens with zero attached hydrogens (tertiary/aromatic N) is 2. The number of carbonyl (C=O) groups excluding carboxylic acids is 2. The van der Waals surface area contributed by atoms with Crippen molar-refractivity contribution in [3.8, 4) is 5.75 Å². The van der Waals surface area contributed by atoms with E-state index < -0.39 is 22.5 Å². The van der Waals surface area contributed by atoms with Crippen molar-refractivity contribution in [1.82, 2.24) is 15.0 Å². The minimum absolute atomic E-state index is 0.0463. The van der Waals surface area contributed by atoms with Crippen molar-refractivity contribution in [2.45, 2.75) is 49.5 Å². The van der Waals surface area contributed by atoms with E-state index >= 15 is 0 Å². The summed E-state index contributed by atoms with van der Waals surface area (Å²) < 4.78 is 33.4. The van der Waals surface area contributed by atoms with Gasteiger partial charge in [0.05, 0.1) is 17.7 Å². The van der Waals surface area contributed by atoms with E-state index in [1.807, 2.05) is 30.3 Å². The Morgan fingerprint density at radius 1 is 0.929 bits per heavy atom. The molecule has 0 spiro atoms. The van der Waals surface area contributed by atoms with Crippen LogP contribution in [0.2, 0.25) is 5.02 Å². The van der Waals surface area contributed by atoms with Gasteiger partial charge in [-0.25, -0.2) is 13.8 Å². The molecular formula is C31H35ClN4O5S. The molecule has 222 valence electrons. The Bertz CT molecular complexity index is 1440. The molecule has 2 N–H and O–H groups in total. The number of rotatable bonds is 13. The third-order valence-electron chi connectivity index (χ3n) is 6.89. The molecule has 11 heteroatoms. The van der Waals surface area contributed by atoms with Crippen molar-refractivity contribution in [3.05, 3.63) is 95.0 Å². The molecule has 1 fully saturated rings. The number of carbonyl (C=O) groups is 2. The molecule has 0 unspecified atom stereocenters. The van der Waals surface area contributed by atoms with Gasteiger partial charge in [0.25, 0.3) is 11.8 Å². The molecule has 1 aliphatic rings. The number of hydrogen-bond donors (Lipinski definition) is 2. The van der Waals surface area contributed by atoms with Gasteiger partial charge in [-0.3, -0.25) is 9.59 Å². The summed E-state index contributed by atoms with van der Waals surface area (Å²) in [6, 6.07) is 22.4. The zero-order valence-electron chi connectivity index (χ0n) is 23.2. The monoisotopic (exact) mass is 610 g/mol. The van der Waals surface area contributed by atoms with Crippen molar-refractivity contribution >= 4 is 39.7 Å². The Balaban J connectivity index is 1.30. The van der Waals surface area contributed by atoms with Gasteiger partial charge in [-0.2, -0.15) is 9.41 Å². The number of halogens is 1. The highest BCUT2D eigenvalue weighted by atomic mass is 35.5. The smallest absolute Gasteiger partial charge is 0.258 e. The molecule has 0 aliphatic heterocycles. The molecule has 0 saturated heterocycles. The van der Waals surface area contributed by atoms with Crippen LogP contribution in [0.25, 0.3) is 0 Å². The third kappa shape index (κ3) is 9.68. The lowest BCUT2D eigenvalue weighted by Crippen LogP contribution is -2.40. The van der Waals surface area contributed by atoms with E-state index in [1.54, 1.807) is 24.3 Å². The molecule has 0 radical (unpaired) electrons. The summed E-state index contributed by atoms with van der Waals surface area (Å²) in [7, 11) is -3.97. The Kier molecular flexibility index (Phi) is 11.5. The molecule has 1 saturated carbocycles. The average Bonchev–Trinajstić information content (AvgIpc) is 3.00. The Labute approximate surface area is 252 Å². The zero-order valence-corrected chi connectivity index (χ0v) is 24.8. The topological polar surface area (TPSA) is 117 Å². The average molecular weight is 611 g/mol. The van der Waals surface area contributed by atoms with Gasteiger partial charge in [-0.15, -0.1) is 0 Å². The summed E-state index contributed by atoms with van der Waals surface area (Å²) in [6.07, 6.45) is 7.41. The SMILES string of the molecule is O=C(CN(CCc1ccccc1)S(=O)(=O)c1ccc(Cl)cc1)N/N=C\c1ccc(OCC(=O)NC2CCCCC2)cc1. The third-order valence-corrected chi connectivity index (χ3v) is 9.00. The maximum atomic E-state index is 13.4. The molecule has 0 bridgehead atoms. The molecule has 0 heterocycles. The lowest BCUT2D eigenvalue weighted by molar-refractivity contribution is -0.124. The highest BCUT2D eigenvalue weighted by molar-refractivity contribution is 7.89. The lowest BCUT2D eigenvalue weighted by Gasteiger charge is -2.22. The van der Waals surface area contributed by atoms with E-state index in [2.05, 4.69) is 15.8 Å². The van der Waals surface area contributed by atoms with Gasteiger partial charge in [0.2, 0.25) is 10.0 Å². The number of sulfonamides is 1. The van der Waals surface area contributed by atoms with Crippen molar-refractivity contribution in [2.24, 2.45) is 5.10 Å². The first-order valence-electron chi connectivity index (χ1n) is 13.9. The molecule has 0 atom stereocenters. The largest absolute Gasteiger partial charge is 0.484 e. The summed E-state index contributed by atoms with van der Waals surface area (Å²) in [5.41, 5.74) is 4.04. The second-order valence-electron chi connectivity index (χ2n) is 10.1. The molecule has 3 aromatic carbocycles. The van der Waals surface area contributed by atoms with Crippen LogP contribution in [0, 0.1) is 0 Å². The lowest BCUT2D eigenvalue weighted by atomic mass is 9.95. The second-order valence-corrected chi connectivity index (χ2v) is 12.5. The number of hydrazone groups is 1. The number of benzene rings is 3. The Morgan fingerprint density at radius 2 is 1.62 bits per heavy atom. The summed E-state index contributed by atoms with van der Waals surface area (Å²) >= 11 is 5.93. The fourth-order valence-corrected chi connectivity index (χ4v) is 6.15. The van der Waals surface area contributed by atoms with Gasteiger partial charge in [0, 0.05) is 17.6 Å². The van der Waals surface area contributed by atoms with Gasteiger partial charge < -0.3 is 10.1 Å². The van der Waals surface area contributed by atoms with Crippen LogP contribution in [0.5, 0.6) is 5.75 Å². The number of amides is 2. The van der Waals surface area contributed by atoms with Crippen LogP contribution in [0.3, 0.4) is 0 Å². The number of ether oxygens (including phenoxy) is 1. The van der Waals surface area contributed by atoms with Crippen LogP contribution in [-0.2, 0) is 26.0 Å². The van der Waals surface area contributed by atoms with Gasteiger partial charge in [-0.1, -0.05) is 61.2 Å². The predicted octanol–water partition coefficient (Wildman–Crippen LogP) is 4.55. The van der Waals surface area contributed by atoms with Crippen LogP contribution in [0.4, 0.5) is 0 Å². The van der Waals surface area contributed by atoms with Crippen molar-refractivity contribution in [2.75, 3.05) is 19.7 Å². The van der Waals surface area contributed by atoms with Gasteiger partial charge in [-0.05, 0) is 78.9 Å². The molecule has 4 rings (SSSR count). The first-order valence-corrected chi connectivity index (χ1v) is 15.8. The number of nitrogens with one attached hydrogen (secondary N) is 2. The Morgan fingerprint density at radius 3 is 2.31 bits per heavy atom. The second kappa shape index (κ2) is 15.5. The van der Waals surface area contributed by atoms with E-state index in [1.165, 1.54) is 36.9 Å². The number of hydrogen-bond acceptors (Lipinski definition) is 6. The molecule has 1 aliphatic carbocycles. The standard InChI is InChI=1S/C31H35ClN4O5S/c32-26-13-17-29(18-14-26)42(39,40)36(20-19-24-7-3-1-4-8-24)22-30(37)35-33-21-25-11-15-28(16-12-25)41-23-31(38)34-27-9-5-2-6-10-27/h1,3-4,7-8,11-18,21,27H,2,5-6,9-10,19-20,22-23H2,(H,34,38)(H,35,37)/b33-21-. The fraction of sp³-hybridized carbons (Fsp3) is 0.323. The normalized spacial score (nSPS) is 14.1. The highest BCUT2D eigenvalue weighted by Crippen LogP contribution is 2.20. The predicted molar refractivity (Wildman–Crippen MR) is 163 cm³/mol. The summed E-state index contributed by atoms with van der Waals surface area (Å²) in [5.74, 6) is -0.177. The maximum absolute atomic E-state index is 13.4. The summed E-state index contributed by atoms with van der Waals surface area (Å²) in [6.45, 7) is -0.364. The van der Waals surface area contributed by atoms with Crippen LogP contribution >= 0.6 is 11.6 Å². The zero-order chi connectivity index (χ0) is 29.8. The molecule has 2 amide bonds. The van der Waals surface area contributed by atoms with E-state index in [0.29, 0.717) is 22.8 Å². The molecule has 3 aromatic rings.